The van der Waals surface area contributed by atoms with E-state index in [0.29, 0.717) is 11.1 Å². The van der Waals surface area contributed by atoms with E-state index < -0.39 is 0 Å². The van der Waals surface area contributed by atoms with Crippen molar-refractivity contribution in [1.82, 2.24) is 5.32 Å². The second kappa shape index (κ2) is 7.30. The molecule has 0 unspecified atom stereocenters. The fourth-order valence-electron chi connectivity index (χ4n) is 3.05. The standard InChI is InChI=1S/C20H22N2O2/c1-14-7-2-5-12-18(14)22-20(24)16-9-6-8-15(13-16)19(23)21-17-10-3-4-11-17/h2,5-9,12-13,17H,3-4,10-11H2,1H3,(H,21,23)(H,22,24). The van der Waals surface area contributed by atoms with Crippen LogP contribution >= 0.6 is 0 Å². The molecule has 24 heavy (non-hydrogen) atoms. The van der Waals surface area contributed by atoms with E-state index >= 15 is 0 Å². The number of carbonyl (C=O) groups is 2. The smallest absolute Gasteiger partial charge is 0.255 e. The minimum absolute atomic E-state index is 0.104. The predicted octanol–water partition coefficient (Wildman–Crippen LogP) is 3.92. The average Bonchev–Trinajstić information content (AvgIpc) is 3.10. The summed E-state index contributed by atoms with van der Waals surface area (Å²) in [6, 6.07) is 14.8. The second-order valence-corrected chi connectivity index (χ2v) is 6.30. The highest BCUT2D eigenvalue weighted by Gasteiger charge is 2.18. The molecule has 4 heteroatoms. The SMILES string of the molecule is Cc1ccccc1NC(=O)c1cccc(C(=O)NC2CCCC2)c1. The van der Waals surface area contributed by atoms with Crippen LogP contribution in [0.2, 0.25) is 0 Å². The molecule has 0 heterocycles. The van der Waals surface area contributed by atoms with Gasteiger partial charge in [-0.3, -0.25) is 9.59 Å². The van der Waals surface area contributed by atoms with Gasteiger partial charge in [-0.15, -0.1) is 0 Å². The lowest BCUT2D eigenvalue weighted by Gasteiger charge is -2.13. The molecule has 0 radical (unpaired) electrons. The van der Waals surface area contributed by atoms with Crippen LogP contribution in [-0.2, 0) is 0 Å². The highest BCUT2D eigenvalue weighted by Crippen LogP contribution is 2.19. The first-order valence-corrected chi connectivity index (χ1v) is 8.41. The Hall–Kier alpha value is -2.62. The van der Waals surface area contributed by atoms with Crippen LogP contribution in [0.5, 0.6) is 0 Å². The van der Waals surface area contributed by atoms with E-state index in [4.69, 9.17) is 0 Å². The third kappa shape index (κ3) is 3.82. The Morgan fingerprint density at radius 3 is 2.29 bits per heavy atom. The Morgan fingerprint density at radius 1 is 0.917 bits per heavy atom. The molecule has 0 bridgehead atoms. The van der Waals surface area contributed by atoms with E-state index in [1.54, 1.807) is 24.3 Å². The molecular weight excluding hydrogens is 300 g/mol. The highest BCUT2D eigenvalue weighted by atomic mass is 16.2. The Kier molecular flexibility index (Phi) is 4.94. The summed E-state index contributed by atoms with van der Waals surface area (Å²) in [5, 5.41) is 5.94. The van der Waals surface area contributed by atoms with Gasteiger partial charge in [0.2, 0.25) is 0 Å². The number of para-hydroxylation sites is 1. The number of hydrogen-bond donors (Lipinski definition) is 2. The van der Waals surface area contributed by atoms with Crippen molar-refractivity contribution in [2.24, 2.45) is 0 Å². The summed E-state index contributed by atoms with van der Waals surface area (Å²) in [5.74, 6) is -0.313. The first-order valence-electron chi connectivity index (χ1n) is 8.41. The fourth-order valence-corrected chi connectivity index (χ4v) is 3.05. The Morgan fingerprint density at radius 2 is 1.58 bits per heavy atom. The van der Waals surface area contributed by atoms with Gasteiger partial charge in [-0.25, -0.2) is 0 Å². The molecule has 2 aromatic rings. The Balaban J connectivity index is 1.71. The zero-order chi connectivity index (χ0) is 16.9. The van der Waals surface area contributed by atoms with Gasteiger partial charge >= 0.3 is 0 Å². The number of nitrogens with one attached hydrogen (secondary N) is 2. The molecule has 0 spiro atoms. The van der Waals surface area contributed by atoms with Crippen molar-refractivity contribution in [3.63, 3.8) is 0 Å². The summed E-state index contributed by atoms with van der Waals surface area (Å²) in [7, 11) is 0. The first kappa shape index (κ1) is 16.2. The topological polar surface area (TPSA) is 58.2 Å². The van der Waals surface area contributed by atoms with Crippen LogP contribution in [0.25, 0.3) is 0 Å². The monoisotopic (exact) mass is 322 g/mol. The minimum atomic E-state index is -0.209. The zero-order valence-electron chi connectivity index (χ0n) is 13.8. The molecule has 2 N–H and O–H groups in total. The molecule has 1 aliphatic rings. The molecule has 4 nitrogen and oxygen atoms in total. The number of aryl methyl sites for hydroxylation is 1. The Bertz CT molecular complexity index is 749. The summed E-state index contributed by atoms with van der Waals surface area (Å²) in [6.45, 7) is 1.95. The van der Waals surface area contributed by atoms with Crippen LogP contribution in [-0.4, -0.2) is 17.9 Å². The molecule has 0 aromatic heterocycles. The van der Waals surface area contributed by atoms with E-state index in [2.05, 4.69) is 10.6 Å². The highest BCUT2D eigenvalue weighted by molar-refractivity contribution is 6.06. The van der Waals surface area contributed by atoms with E-state index in [0.717, 1.165) is 24.1 Å². The van der Waals surface area contributed by atoms with Gasteiger partial charge in [0.1, 0.15) is 0 Å². The average molecular weight is 322 g/mol. The minimum Gasteiger partial charge on any atom is -0.349 e. The van der Waals surface area contributed by atoms with E-state index in [1.807, 2.05) is 31.2 Å². The summed E-state index contributed by atoms with van der Waals surface area (Å²) in [4.78, 5) is 24.8. The molecule has 124 valence electrons. The van der Waals surface area contributed by atoms with E-state index in [9.17, 15) is 9.59 Å². The maximum atomic E-state index is 12.4. The molecule has 0 saturated heterocycles. The molecule has 3 rings (SSSR count). The predicted molar refractivity (Wildman–Crippen MR) is 95.3 cm³/mol. The number of anilines is 1. The Labute approximate surface area is 142 Å². The van der Waals surface area contributed by atoms with Gasteiger partial charge in [-0.1, -0.05) is 37.1 Å². The molecule has 0 aliphatic heterocycles. The maximum Gasteiger partial charge on any atom is 0.255 e. The molecule has 1 fully saturated rings. The van der Waals surface area contributed by atoms with Crippen LogP contribution in [0.15, 0.2) is 48.5 Å². The van der Waals surface area contributed by atoms with Crippen molar-refractivity contribution in [2.45, 2.75) is 38.6 Å². The van der Waals surface area contributed by atoms with Gasteiger partial charge in [0.15, 0.2) is 0 Å². The van der Waals surface area contributed by atoms with Crippen molar-refractivity contribution < 1.29 is 9.59 Å². The third-order valence-electron chi connectivity index (χ3n) is 4.47. The van der Waals surface area contributed by atoms with Gasteiger partial charge in [0, 0.05) is 22.9 Å². The summed E-state index contributed by atoms with van der Waals surface area (Å²) in [5.41, 5.74) is 2.79. The van der Waals surface area contributed by atoms with Crippen LogP contribution in [0.3, 0.4) is 0 Å². The molecule has 2 aromatic carbocycles. The van der Waals surface area contributed by atoms with Crippen molar-refractivity contribution in [3.05, 3.63) is 65.2 Å². The van der Waals surface area contributed by atoms with Gasteiger partial charge < -0.3 is 10.6 Å². The fraction of sp³-hybridized carbons (Fsp3) is 0.300. The van der Waals surface area contributed by atoms with E-state index in [-0.39, 0.29) is 17.9 Å². The second-order valence-electron chi connectivity index (χ2n) is 6.30. The number of carbonyl (C=O) groups excluding carboxylic acids is 2. The van der Waals surface area contributed by atoms with Crippen molar-refractivity contribution >= 4 is 17.5 Å². The molecule has 0 atom stereocenters. The van der Waals surface area contributed by atoms with Gasteiger partial charge in [0.05, 0.1) is 0 Å². The lowest BCUT2D eigenvalue weighted by atomic mass is 10.1. The first-order chi connectivity index (χ1) is 11.6. The van der Waals surface area contributed by atoms with Gasteiger partial charge in [-0.05, 0) is 49.6 Å². The van der Waals surface area contributed by atoms with Gasteiger partial charge in [0.25, 0.3) is 11.8 Å². The lowest BCUT2D eigenvalue weighted by Crippen LogP contribution is -2.32. The van der Waals surface area contributed by atoms with Crippen molar-refractivity contribution in [1.29, 1.82) is 0 Å². The number of hydrogen-bond acceptors (Lipinski definition) is 2. The summed E-state index contributed by atoms with van der Waals surface area (Å²) in [6.07, 6.45) is 4.42. The molecule has 1 saturated carbocycles. The molecular formula is C20H22N2O2. The third-order valence-corrected chi connectivity index (χ3v) is 4.47. The molecule has 1 aliphatic carbocycles. The lowest BCUT2D eigenvalue weighted by molar-refractivity contribution is 0.0938. The quantitative estimate of drug-likeness (QED) is 0.896. The maximum absolute atomic E-state index is 12.4. The van der Waals surface area contributed by atoms with Gasteiger partial charge in [-0.2, -0.15) is 0 Å². The van der Waals surface area contributed by atoms with Crippen LogP contribution in [0, 0.1) is 6.92 Å². The number of benzene rings is 2. The van der Waals surface area contributed by atoms with Crippen LogP contribution < -0.4 is 10.6 Å². The van der Waals surface area contributed by atoms with Crippen molar-refractivity contribution in [2.75, 3.05) is 5.32 Å². The largest absolute Gasteiger partial charge is 0.349 e. The number of rotatable bonds is 4. The summed E-state index contributed by atoms with van der Waals surface area (Å²) >= 11 is 0. The van der Waals surface area contributed by atoms with Crippen molar-refractivity contribution in [3.8, 4) is 0 Å². The molecule has 2 amide bonds. The summed E-state index contributed by atoms with van der Waals surface area (Å²) < 4.78 is 0. The zero-order valence-corrected chi connectivity index (χ0v) is 13.8. The van der Waals surface area contributed by atoms with E-state index in [1.165, 1.54) is 12.8 Å². The normalized spacial score (nSPS) is 14.4. The number of amides is 2. The van der Waals surface area contributed by atoms with Crippen LogP contribution in [0.1, 0.15) is 52.0 Å². The van der Waals surface area contributed by atoms with Crippen LogP contribution in [0.4, 0.5) is 5.69 Å².